The van der Waals surface area contributed by atoms with Gasteiger partial charge in [0.2, 0.25) is 5.69 Å². The molecule has 1 aliphatic rings. The third-order valence-corrected chi connectivity index (χ3v) is 4.31. The van der Waals surface area contributed by atoms with Crippen molar-refractivity contribution in [2.75, 3.05) is 27.3 Å². The maximum absolute atomic E-state index is 12.9. The van der Waals surface area contributed by atoms with Crippen LogP contribution in [0.1, 0.15) is 28.9 Å². The number of nitrogens with zero attached hydrogens (tertiary/aromatic N) is 4. The Morgan fingerprint density at radius 1 is 1.19 bits per heavy atom. The third-order valence-electron chi connectivity index (χ3n) is 4.31. The van der Waals surface area contributed by atoms with Gasteiger partial charge in [-0.25, -0.2) is 9.97 Å². The number of carbonyl (C=O) groups is 1. The lowest BCUT2D eigenvalue weighted by Gasteiger charge is -2.32. The summed E-state index contributed by atoms with van der Waals surface area (Å²) in [5.41, 5.74) is 0.627. The predicted molar refractivity (Wildman–Crippen MR) is 95.8 cm³/mol. The molecule has 1 aromatic carbocycles. The lowest BCUT2D eigenvalue weighted by Crippen LogP contribution is -2.44. The fourth-order valence-electron chi connectivity index (χ4n) is 2.98. The van der Waals surface area contributed by atoms with Crippen molar-refractivity contribution in [3.63, 3.8) is 0 Å². The maximum Gasteiger partial charge on any atom is 0.254 e. The van der Waals surface area contributed by atoms with Crippen LogP contribution in [0.2, 0.25) is 0 Å². The molecule has 140 valence electrons. The molecule has 1 saturated heterocycles. The molecule has 27 heavy (non-hydrogen) atoms. The molecule has 0 saturated carbocycles. The Morgan fingerprint density at radius 3 is 2.56 bits per heavy atom. The number of likely N-dealkylation sites (tertiary alicyclic amines) is 1. The zero-order valence-corrected chi connectivity index (χ0v) is 15.2. The quantitative estimate of drug-likeness (QED) is 0.796. The average Bonchev–Trinajstić information content (AvgIpc) is 2.73. The van der Waals surface area contributed by atoms with Crippen molar-refractivity contribution in [3.05, 3.63) is 41.9 Å². The topological polar surface area (TPSA) is 97.6 Å². The van der Waals surface area contributed by atoms with Gasteiger partial charge in [-0.05, 0) is 25.0 Å². The molecule has 1 unspecified atom stereocenters. The van der Waals surface area contributed by atoms with Crippen LogP contribution in [0.4, 0.5) is 0 Å². The second-order valence-corrected chi connectivity index (χ2v) is 6.06. The van der Waals surface area contributed by atoms with Crippen molar-refractivity contribution < 1.29 is 19.0 Å². The Labute approximate surface area is 157 Å². The molecular weight excluding hydrogens is 348 g/mol. The number of benzene rings is 1. The highest BCUT2D eigenvalue weighted by Gasteiger charge is 2.27. The van der Waals surface area contributed by atoms with E-state index in [1.165, 1.54) is 12.4 Å². The Kier molecular flexibility index (Phi) is 5.71. The smallest absolute Gasteiger partial charge is 0.254 e. The summed E-state index contributed by atoms with van der Waals surface area (Å²) in [7, 11) is 3.09. The number of hydrogen-bond donors (Lipinski definition) is 0. The molecule has 1 atom stereocenters. The highest BCUT2D eigenvalue weighted by Crippen LogP contribution is 2.25. The summed E-state index contributed by atoms with van der Waals surface area (Å²) in [6.45, 7) is 1.03. The first-order valence-electron chi connectivity index (χ1n) is 8.54. The zero-order chi connectivity index (χ0) is 19.2. The maximum atomic E-state index is 12.9. The minimum Gasteiger partial charge on any atom is -0.497 e. The number of nitriles is 1. The van der Waals surface area contributed by atoms with Gasteiger partial charge in [-0.15, -0.1) is 0 Å². The van der Waals surface area contributed by atoms with E-state index in [-0.39, 0.29) is 23.6 Å². The first-order valence-corrected chi connectivity index (χ1v) is 8.54. The second-order valence-electron chi connectivity index (χ2n) is 6.06. The fraction of sp³-hybridized carbons (Fsp3) is 0.368. The molecule has 2 aromatic rings. The van der Waals surface area contributed by atoms with Gasteiger partial charge in [0, 0.05) is 30.6 Å². The number of piperidine rings is 1. The Morgan fingerprint density at radius 2 is 1.89 bits per heavy atom. The first-order chi connectivity index (χ1) is 13.1. The number of ether oxygens (including phenoxy) is 3. The molecule has 8 heteroatoms. The molecule has 1 fully saturated rings. The van der Waals surface area contributed by atoms with Crippen LogP contribution in [0.5, 0.6) is 17.4 Å². The van der Waals surface area contributed by atoms with Gasteiger partial charge in [0.15, 0.2) is 0 Å². The van der Waals surface area contributed by atoms with Gasteiger partial charge in [-0.3, -0.25) is 4.79 Å². The van der Waals surface area contributed by atoms with Crippen LogP contribution >= 0.6 is 0 Å². The highest BCUT2D eigenvalue weighted by molar-refractivity contribution is 5.95. The van der Waals surface area contributed by atoms with E-state index >= 15 is 0 Å². The van der Waals surface area contributed by atoms with Crippen LogP contribution < -0.4 is 14.2 Å². The van der Waals surface area contributed by atoms with Crippen molar-refractivity contribution in [2.45, 2.75) is 18.9 Å². The van der Waals surface area contributed by atoms with Crippen molar-refractivity contribution >= 4 is 5.91 Å². The Hall–Kier alpha value is -3.34. The van der Waals surface area contributed by atoms with Crippen molar-refractivity contribution in [2.24, 2.45) is 0 Å². The van der Waals surface area contributed by atoms with E-state index in [1.807, 2.05) is 6.07 Å². The normalized spacial score (nSPS) is 16.3. The van der Waals surface area contributed by atoms with E-state index < -0.39 is 0 Å². The van der Waals surface area contributed by atoms with E-state index in [4.69, 9.17) is 19.5 Å². The number of hydrogen-bond acceptors (Lipinski definition) is 7. The predicted octanol–water partition coefficient (Wildman–Crippen LogP) is 2.05. The van der Waals surface area contributed by atoms with Gasteiger partial charge in [0.1, 0.15) is 23.7 Å². The SMILES string of the molecule is COc1cc(OC)cc(C(=O)N2CCCC(Oc3nccnc3C#N)C2)c1. The standard InChI is InChI=1S/C19H20N4O4/c1-25-15-8-13(9-16(10-15)26-2)19(24)23-7-3-4-14(12-23)27-18-17(11-20)21-5-6-22-18/h5-6,8-10,14H,3-4,7,12H2,1-2H3. The minimum absolute atomic E-state index is 0.125. The molecule has 0 radical (unpaired) electrons. The van der Waals surface area contributed by atoms with Crippen LogP contribution in [-0.4, -0.2) is 54.2 Å². The van der Waals surface area contributed by atoms with Crippen molar-refractivity contribution in [3.8, 4) is 23.4 Å². The van der Waals surface area contributed by atoms with E-state index in [1.54, 1.807) is 37.3 Å². The molecular formula is C19H20N4O4. The molecule has 1 amide bonds. The van der Waals surface area contributed by atoms with Gasteiger partial charge in [-0.2, -0.15) is 5.26 Å². The summed E-state index contributed by atoms with van der Waals surface area (Å²) in [5.74, 6) is 1.18. The van der Waals surface area contributed by atoms with E-state index in [0.29, 0.717) is 30.2 Å². The molecule has 0 aliphatic carbocycles. The first kappa shape index (κ1) is 18.5. The molecule has 8 nitrogen and oxygen atoms in total. The lowest BCUT2D eigenvalue weighted by atomic mass is 10.1. The molecule has 0 spiro atoms. The molecule has 1 aliphatic heterocycles. The summed E-state index contributed by atoms with van der Waals surface area (Å²) in [4.78, 5) is 22.7. The molecule has 0 bridgehead atoms. The van der Waals surface area contributed by atoms with Gasteiger partial charge in [0.25, 0.3) is 11.8 Å². The third kappa shape index (κ3) is 4.26. The Bertz CT molecular complexity index is 843. The van der Waals surface area contributed by atoms with Crippen LogP contribution in [0.25, 0.3) is 0 Å². The number of rotatable bonds is 5. The van der Waals surface area contributed by atoms with Crippen LogP contribution in [-0.2, 0) is 0 Å². The van der Waals surface area contributed by atoms with Gasteiger partial charge in [-0.1, -0.05) is 0 Å². The highest BCUT2D eigenvalue weighted by atomic mass is 16.5. The summed E-state index contributed by atoms with van der Waals surface area (Å²) < 4.78 is 16.3. The minimum atomic E-state index is -0.251. The van der Waals surface area contributed by atoms with E-state index in [9.17, 15) is 4.79 Å². The summed E-state index contributed by atoms with van der Waals surface area (Å²) in [5, 5.41) is 9.11. The number of amides is 1. The monoisotopic (exact) mass is 368 g/mol. The van der Waals surface area contributed by atoms with E-state index in [2.05, 4.69) is 9.97 Å². The summed E-state index contributed by atoms with van der Waals surface area (Å²) in [6.07, 6.45) is 4.23. The molecule has 3 rings (SSSR count). The van der Waals surface area contributed by atoms with Gasteiger partial charge >= 0.3 is 0 Å². The number of aromatic nitrogens is 2. The van der Waals surface area contributed by atoms with Crippen LogP contribution in [0.3, 0.4) is 0 Å². The van der Waals surface area contributed by atoms with Gasteiger partial charge < -0.3 is 19.1 Å². The van der Waals surface area contributed by atoms with Crippen molar-refractivity contribution in [1.82, 2.24) is 14.9 Å². The summed E-state index contributed by atoms with van der Waals surface area (Å²) >= 11 is 0. The fourth-order valence-corrected chi connectivity index (χ4v) is 2.98. The Balaban J connectivity index is 1.74. The van der Waals surface area contributed by atoms with Crippen LogP contribution in [0.15, 0.2) is 30.6 Å². The second kappa shape index (κ2) is 8.36. The molecule has 1 aromatic heterocycles. The largest absolute Gasteiger partial charge is 0.497 e. The summed E-state index contributed by atoms with van der Waals surface area (Å²) in [6, 6.07) is 7.05. The van der Waals surface area contributed by atoms with Gasteiger partial charge in [0.05, 0.1) is 20.8 Å². The zero-order valence-electron chi connectivity index (χ0n) is 15.2. The number of carbonyl (C=O) groups excluding carboxylic acids is 1. The van der Waals surface area contributed by atoms with Crippen molar-refractivity contribution in [1.29, 1.82) is 5.26 Å². The molecule has 0 N–H and O–H groups in total. The van der Waals surface area contributed by atoms with E-state index in [0.717, 1.165) is 12.8 Å². The number of methoxy groups -OCH3 is 2. The molecule has 2 heterocycles. The van der Waals surface area contributed by atoms with Crippen LogP contribution in [0, 0.1) is 11.3 Å². The lowest BCUT2D eigenvalue weighted by molar-refractivity contribution is 0.0525. The average molecular weight is 368 g/mol.